The van der Waals surface area contributed by atoms with Gasteiger partial charge in [0.15, 0.2) is 0 Å². The molecule has 160 valence electrons. The van der Waals surface area contributed by atoms with Crippen molar-refractivity contribution in [1.82, 2.24) is 15.2 Å². The van der Waals surface area contributed by atoms with Crippen LogP contribution in [-0.2, 0) is 14.9 Å². The van der Waals surface area contributed by atoms with Crippen molar-refractivity contribution in [2.75, 3.05) is 32.7 Å². The Morgan fingerprint density at radius 2 is 1.90 bits per heavy atom. The Kier molecular flexibility index (Phi) is 5.42. The molecule has 1 spiro atoms. The molecule has 30 heavy (non-hydrogen) atoms. The Morgan fingerprint density at radius 1 is 1.17 bits per heavy atom. The van der Waals surface area contributed by atoms with Crippen LogP contribution in [0.1, 0.15) is 48.4 Å². The smallest absolute Gasteiger partial charge is 0.312 e. The number of piperidine rings is 2. The van der Waals surface area contributed by atoms with E-state index in [0.29, 0.717) is 0 Å². The van der Waals surface area contributed by atoms with E-state index in [4.69, 9.17) is 9.72 Å². The number of hydrogen-bond acceptors (Lipinski definition) is 6. The highest BCUT2D eigenvalue weighted by Gasteiger charge is 2.50. The van der Waals surface area contributed by atoms with Gasteiger partial charge in [-0.2, -0.15) is 0 Å². The summed E-state index contributed by atoms with van der Waals surface area (Å²) in [7, 11) is 0. The molecule has 3 saturated heterocycles. The van der Waals surface area contributed by atoms with Crippen molar-refractivity contribution in [3.05, 3.63) is 52.0 Å². The molecular weight excluding hydrogens is 394 g/mol. The van der Waals surface area contributed by atoms with Gasteiger partial charge in [-0.15, -0.1) is 11.3 Å². The molecule has 0 radical (unpaired) electrons. The zero-order chi connectivity index (χ0) is 20.6. The molecule has 2 aromatic rings. The molecule has 0 amide bonds. The first-order chi connectivity index (χ1) is 14.6. The summed E-state index contributed by atoms with van der Waals surface area (Å²) in [6.07, 6.45) is 4.87. The highest BCUT2D eigenvalue weighted by Crippen LogP contribution is 2.44. The third-order valence-electron chi connectivity index (χ3n) is 7.49. The van der Waals surface area contributed by atoms with E-state index in [0.717, 1.165) is 69.8 Å². The van der Waals surface area contributed by atoms with E-state index in [1.807, 2.05) is 0 Å². The molecule has 5 nitrogen and oxygen atoms in total. The predicted molar refractivity (Wildman–Crippen MR) is 119 cm³/mol. The molecule has 1 aromatic carbocycles. The molecule has 0 bridgehead atoms. The summed E-state index contributed by atoms with van der Waals surface area (Å²) < 4.78 is 5.86. The number of aryl methyl sites for hydroxylation is 1. The van der Waals surface area contributed by atoms with Gasteiger partial charge in [-0.25, -0.2) is 4.98 Å². The van der Waals surface area contributed by atoms with E-state index in [1.54, 1.807) is 11.3 Å². The number of aromatic nitrogens is 1. The summed E-state index contributed by atoms with van der Waals surface area (Å²) in [6.45, 7) is 6.83. The maximum atomic E-state index is 12.6. The SMILES string of the molecule is Cc1nc(C2(c3ccccc3)CCN(CC3CC4(CCNCC4)C(=O)O3)CC2)cs1. The van der Waals surface area contributed by atoms with Gasteiger partial charge in [-0.05, 0) is 64.3 Å². The standard InChI is InChI=1S/C24H31N3O2S/c1-18-26-21(17-30-18)24(19-5-3-2-4-6-19)9-13-27(14-10-24)16-20-15-23(22(28)29-20)7-11-25-12-8-23/h2-6,17,20,25H,7-16H2,1H3. The number of carbonyl (C=O) groups is 1. The number of carbonyl (C=O) groups excluding carboxylic acids is 1. The first-order valence-electron chi connectivity index (χ1n) is 11.2. The zero-order valence-electron chi connectivity index (χ0n) is 17.7. The van der Waals surface area contributed by atoms with Crippen molar-refractivity contribution in [2.24, 2.45) is 5.41 Å². The van der Waals surface area contributed by atoms with Gasteiger partial charge in [-0.3, -0.25) is 9.69 Å². The summed E-state index contributed by atoms with van der Waals surface area (Å²) in [5.41, 5.74) is 2.36. The largest absolute Gasteiger partial charge is 0.461 e. The summed E-state index contributed by atoms with van der Waals surface area (Å²) in [4.78, 5) is 20.0. The number of rotatable bonds is 4. The monoisotopic (exact) mass is 425 g/mol. The lowest BCUT2D eigenvalue weighted by Crippen LogP contribution is -2.46. The van der Waals surface area contributed by atoms with Crippen molar-refractivity contribution in [1.29, 1.82) is 0 Å². The summed E-state index contributed by atoms with van der Waals surface area (Å²) in [6, 6.07) is 10.9. The van der Waals surface area contributed by atoms with E-state index >= 15 is 0 Å². The molecule has 0 saturated carbocycles. The van der Waals surface area contributed by atoms with Crippen LogP contribution in [0, 0.1) is 12.3 Å². The molecule has 1 aromatic heterocycles. The van der Waals surface area contributed by atoms with Crippen molar-refractivity contribution >= 4 is 17.3 Å². The second-order valence-corrected chi connectivity index (χ2v) is 10.3. The molecule has 1 N–H and O–H groups in total. The van der Waals surface area contributed by atoms with Gasteiger partial charge in [0.1, 0.15) is 6.10 Å². The van der Waals surface area contributed by atoms with Crippen molar-refractivity contribution in [3.63, 3.8) is 0 Å². The minimum Gasteiger partial charge on any atom is -0.461 e. The summed E-state index contributed by atoms with van der Waals surface area (Å²) in [5, 5.41) is 6.75. The summed E-state index contributed by atoms with van der Waals surface area (Å²) >= 11 is 1.74. The quantitative estimate of drug-likeness (QED) is 0.760. The fraction of sp³-hybridized carbons (Fsp3) is 0.583. The van der Waals surface area contributed by atoms with E-state index in [1.165, 1.54) is 11.3 Å². The Morgan fingerprint density at radius 3 is 2.57 bits per heavy atom. The van der Waals surface area contributed by atoms with Crippen LogP contribution >= 0.6 is 11.3 Å². The molecule has 3 fully saturated rings. The summed E-state index contributed by atoms with van der Waals surface area (Å²) in [5.74, 6) is 0.0441. The Balaban J connectivity index is 1.28. The molecular formula is C24H31N3O2S. The lowest BCUT2D eigenvalue weighted by Gasteiger charge is -2.42. The van der Waals surface area contributed by atoms with Crippen LogP contribution in [0.15, 0.2) is 35.7 Å². The number of nitrogens with zero attached hydrogens (tertiary/aromatic N) is 2. The van der Waals surface area contributed by atoms with Gasteiger partial charge in [0.05, 0.1) is 16.1 Å². The fourth-order valence-electron chi connectivity index (χ4n) is 5.69. The highest BCUT2D eigenvalue weighted by atomic mass is 32.1. The van der Waals surface area contributed by atoms with Crippen molar-refractivity contribution in [3.8, 4) is 0 Å². The number of likely N-dealkylation sites (tertiary alicyclic amines) is 1. The van der Waals surface area contributed by atoms with Crippen molar-refractivity contribution < 1.29 is 9.53 Å². The van der Waals surface area contributed by atoms with Crippen LogP contribution < -0.4 is 5.32 Å². The topological polar surface area (TPSA) is 54.5 Å². The Bertz CT molecular complexity index is 883. The Hall–Kier alpha value is -1.76. The second kappa shape index (κ2) is 8.06. The highest BCUT2D eigenvalue weighted by molar-refractivity contribution is 7.09. The number of nitrogens with one attached hydrogen (secondary N) is 1. The van der Waals surface area contributed by atoms with E-state index in [9.17, 15) is 4.79 Å². The minimum absolute atomic E-state index is 0.00880. The lowest BCUT2D eigenvalue weighted by atomic mass is 9.70. The van der Waals surface area contributed by atoms with Gasteiger partial charge in [-0.1, -0.05) is 30.3 Å². The third kappa shape index (κ3) is 3.59. The number of thiazole rings is 1. The second-order valence-electron chi connectivity index (χ2n) is 9.26. The fourth-order valence-corrected chi connectivity index (χ4v) is 6.40. The molecule has 3 aliphatic rings. The third-order valence-corrected chi connectivity index (χ3v) is 8.27. The van der Waals surface area contributed by atoms with Crippen LogP contribution in [-0.4, -0.2) is 54.7 Å². The number of ether oxygens (including phenoxy) is 1. The molecule has 0 aliphatic carbocycles. The molecule has 5 rings (SSSR count). The molecule has 3 aliphatic heterocycles. The normalized spacial score (nSPS) is 26.0. The predicted octanol–water partition coefficient (Wildman–Crippen LogP) is 3.52. The number of hydrogen-bond donors (Lipinski definition) is 1. The average molecular weight is 426 g/mol. The van der Waals surface area contributed by atoms with Gasteiger partial charge in [0.2, 0.25) is 0 Å². The zero-order valence-corrected chi connectivity index (χ0v) is 18.5. The van der Waals surface area contributed by atoms with Gasteiger partial charge in [0.25, 0.3) is 0 Å². The van der Waals surface area contributed by atoms with Crippen LogP contribution in [0.4, 0.5) is 0 Å². The van der Waals surface area contributed by atoms with Crippen LogP contribution in [0.25, 0.3) is 0 Å². The first-order valence-corrected chi connectivity index (χ1v) is 12.1. The van der Waals surface area contributed by atoms with Crippen molar-refractivity contribution in [2.45, 2.75) is 50.5 Å². The van der Waals surface area contributed by atoms with E-state index in [2.05, 4.69) is 52.9 Å². The maximum absolute atomic E-state index is 12.6. The lowest BCUT2D eigenvalue weighted by molar-refractivity contribution is -0.150. The van der Waals surface area contributed by atoms with Gasteiger partial charge < -0.3 is 10.1 Å². The molecule has 1 atom stereocenters. The average Bonchev–Trinajstić information content (AvgIpc) is 3.34. The molecule has 1 unspecified atom stereocenters. The number of cyclic esters (lactones) is 1. The van der Waals surface area contributed by atoms with Gasteiger partial charge >= 0.3 is 5.97 Å². The Labute approximate surface area is 182 Å². The minimum atomic E-state index is -0.225. The number of benzene rings is 1. The molecule has 6 heteroatoms. The molecule has 4 heterocycles. The van der Waals surface area contributed by atoms with E-state index in [-0.39, 0.29) is 22.9 Å². The maximum Gasteiger partial charge on any atom is 0.312 e. The van der Waals surface area contributed by atoms with E-state index < -0.39 is 0 Å². The van der Waals surface area contributed by atoms with Crippen LogP contribution in [0.5, 0.6) is 0 Å². The first kappa shape index (κ1) is 20.2. The van der Waals surface area contributed by atoms with Crippen LogP contribution in [0.2, 0.25) is 0 Å². The van der Waals surface area contributed by atoms with Gasteiger partial charge in [0, 0.05) is 23.8 Å². The van der Waals surface area contributed by atoms with Crippen LogP contribution in [0.3, 0.4) is 0 Å². The number of esters is 1.